The van der Waals surface area contributed by atoms with Gasteiger partial charge in [0.2, 0.25) is 11.0 Å². The normalized spacial score (nSPS) is 18.0. The van der Waals surface area contributed by atoms with Crippen LogP contribution in [-0.4, -0.2) is 42.0 Å². The van der Waals surface area contributed by atoms with Gasteiger partial charge >= 0.3 is 0 Å². The fourth-order valence-electron chi connectivity index (χ4n) is 2.23. The maximum atomic E-state index is 13.8. The van der Waals surface area contributed by atoms with Gasteiger partial charge in [0, 0.05) is 20.6 Å². The number of anilines is 2. The van der Waals surface area contributed by atoms with Crippen molar-refractivity contribution in [3.8, 4) is 0 Å². The Bertz CT molecular complexity index is 691. The lowest BCUT2D eigenvalue weighted by Crippen LogP contribution is -2.28. The van der Waals surface area contributed by atoms with E-state index in [2.05, 4.69) is 10.2 Å². The van der Waals surface area contributed by atoms with Crippen LogP contribution in [0.1, 0.15) is 6.42 Å². The van der Waals surface area contributed by atoms with Crippen LogP contribution in [0.2, 0.25) is 0 Å². The molecule has 1 aromatic carbocycles. The molecule has 2 heterocycles. The second-order valence-corrected chi connectivity index (χ2v) is 7.49. The highest BCUT2D eigenvalue weighted by Crippen LogP contribution is 2.36. The van der Waals surface area contributed by atoms with Gasteiger partial charge in [0.1, 0.15) is 5.82 Å². The van der Waals surface area contributed by atoms with E-state index in [4.69, 9.17) is 0 Å². The number of benzene rings is 1. The number of carbonyl (C=O) groups is 1. The van der Waals surface area contributed by atoms with Gasteiger partial charge in [-0.2, -0.15) is 0 Å². The zero-order valence-corrected chi connectivity index (χ0v) is 13.8. The molecule has 8 heteroatoms. The molecule has 0 aliphatic carbocycles. The van der Waals surface area contributed by atoms with Crippen LogP contribution in [0.3, 0.4) is 0 Å². The Morgan fingerprint density at radius 1 is 1.36 bits per heavy atom. The average molecular weight is 338 g/mol. The number of aromatic nitrogens is 2. The van der Waals surface area contributed by atoms with Gasteiger partial charge in [-0.05, 0) is 18.6 Å². The Morgan fingerprint density at radius 3 is 2.82 bits per heavy atom. The van der Waals surface area contributed by atoms with Gasteiger partial charge in [0.05, 0.1) is 10.9 Å². The zero-order valence-electron chi connectivity index (χ0n) is 12.2. The number of halogens is 1. The van der Waals surface area contributed by atoms with Gasteiger partial charge in [-0.1, -0.05) is 35.2 Å². The first kappa shape index (κ1) is 15.2. The number of amides is 1. The van der Waals surface area contributed by atoms with E-state index in [1.165, 1.54) is 34.1 Å². The predicted molar refractivity (Wildman–Crippen MR) is 87.3 cm³/mol. The smallest absolute Gasteiger partial charge is 0.240 e. The third-order valence-electron chi connectivity index (χ3n) is 3.32. The number of carbonyl (C=O) groups excluding carboxylic acids is 1. The lowest BCUT2D eigenvalue weighted by atomic mass is 10.3. The average Bonchev–Trinajstić information content (AvgIpc) is 3.09. The van der Waals surface area contributed by atoms with Gasteiger partial charge in [0.15, 0.2) is 4.34 Å². The summed E-state index contributed by atoms with van der Waals surface area (Å²) in [6.45, 7) is 0.525. The molecular formula is C14H15FN4OS2. The van der Waals surface area contributed by atoms with E-state index >= 15 is 0 Å². The predicted octanol–water partition coefficient (Wildman–Crippen LogP) is 2.64. The van der Waals surface area contributed by atoms with Crippen LogP contribution in [0, 0.1) is 5.82 Å². The fraction of sp³-hybridized carbons (Fsp3) is 0.357. The van der Waals surface area contributed by atoms with E-state index < -0.39 is 0 Å². The van der Waals surface area contributed by atoms with E-state index in [9.17, 15) is 9.18 Å². The second-order valence-electron chi connectivity index (χ2n) is 5.08. The molecule has 1 aliphatic rings. The number of hydrogen-bond donors (Lipinski definition) is 0. The zero-order chi connectivity index (χ0) is 15.7. The maximum Gasteiger partial charge on any atom is 0.240 e. The molecule has 0 bridgehead atoms. The molecule has 2 aromatic rings. The molecule has 0 saturated carbocycles. The first-order chi connectivity index (χ1) is 10.6. The van der Waals surface area contributed by atoms with Crippen LogP contribution in [0.25, 0.3) is 0 Å². The quantitative estimate of drug-likeness (QED) is 0.858. The highest BCUT2D eigenvalue weighted by Gasteiger charge is 2.35. The van der Waals surface area contributed by atoms with Crippen molar-refractivity contribution in [3.05, 3.63) is 30.1 Å². The lowest BCUT2D eigenvalue weighted by molar-refractivity contribution is -0.116. The first-order valence-corrected chi connectivity index (χ1v) is 8.49. The number of rotatable bonds is 4. The fourth-order valence-corrected chi connectivity index (χ4v) is 4.27. The molecule has 1 aromatic heterocycles. The molecule has 1 unspecified atom stereocenters. The summed E-state index contributed by atoms with van der Waals surface area (Å²) in [5.74, 6) is -0.441. The summed E-state index contributed by atoms with van der Waals surface area (Å²) in [7, 11) is 3.80. The molecule has 0 spiro atoms. The van der Waals surface area contributed by atoms with Crippen molar-refractivity contribution in [2.45, 2.75) is 16.0 Å². The highest BCUT2D eigenvalue weighted by molar-refractivity contribution is 8.02. The Hall–Kier alpha value is -1.67. The van der Waals surface area contributed by atoms with Crippen molar-refractivity contribution in [1.82, 2.24) is 10.2 Å². The molecular weight excluding hydrogens is 323 g/mol. The molecule has 1 atom stereocenters. The van der Waals surface area contributed by atoms with Gasteiger partial charge in [-0.15, -0.1) is 10.2 Å². The Labute approximate surface area is 136 Å². The van der Waals surface area contributed by atoms with Crippen molar-refractivity contribution >= 4 is 39.8 Å². The highest BCUT2D eigenvalue weighted by atomic mass is 32.2. The monoisotopic (exact) mass is 338 g/mol. The van der Waals surface area contributed by atoms with E-state index in [1.807, 2.05) is 19.0 Å². The molecule has 22 heavy (non-hydrogen) atoms. The second kappa shape index (κ2) is 6.21. The van der Waals surface area contributed by atoms with E-state index in [0.29, 0.717) is 18.7 Å². The van der Waals surface area contributed by atoms with Crippen LogP contribution in [0.15, 0.2) is 28.6 Å². The Kier molecular flexibility index (Phi) is 4.30. The maximum absolute atomic E-state index is 13.8. The minimum atomic E-state index is -0.368. The van der Waals surface area contributed by atoms with E-state index in [-0.39, 0.29) is 17.0 Å². The molecule has 0 radical (unpaired) electrons. The number of nitrogens with zero attached hydrogens (tertiary/aromatic N) is 4. The van der Waals surface area contributed by atoms with Crippen molar-refractivity contribution < 1.29 is 9.18 Å². The molecule has 3 rings (SSSR count). The standard InChI is InChI=1S/C14H15FN4OS2/c1-18(2)13-16-17-14(22-13)21-11-7-8-19(12(11)20)10-6-4-3-5-9(10)15/h3-6,11H,7-8H2,1-2H3. The summed E-state index contributed by atoms with van der Waals surface area (Å²) in [6, 6.07) is 6.36. The summed E-state index contributed by atoms with van der Waals surface area (Å²) in [5, 5.41) is 8.73. The van der Waals surface area contributed by atoms with E-state index in [1.54, 1.807) is 18.2 Å². The summed E-state index contributed by atoms with van der Waals surface area (Å²) in [5.41, 5.74) is 0.349. The topological polar surface area (TPSA) is 49.3 Å². The molecule has 5 nitrogen and oxygen atoms in total. The SMILES string of the molecule is CN(C)c1nnc(SC2CCN(c3ccccc3F)C2=O)s1. The van der Waals surface area contributed by atoms with Crippen LogP contribution in [0.5, 0.6) is 0 Å². The summed E-state index contributed by atoms with van der Waals surface area (Å²) in [4.78, 5) is 15.9. The summed E-state index contributed by atoms with van der Waals surface area (Å²) < 4.78 is 14.6. The first-order valence-electron chi connectivity index (χ1n) is 6.79. The molecule has 1 amide bonds. The Morgan fingerprint density at radius 2 is 2.14 bits per heavy atom. The van der Waals surface area contributed by atoms with E-state index in [0.717, 1.165) is 9.47 Å². The van der Waals surface area contributed by atoms with Crippen LogP contribution < -0.4 is 9.80 Å². The van der Waals surface area contributed by atoms with Gasteiger partial charge < -0.3 is 9.80 Å². The van der Waals surface area contributed by atoms with Crippen LogP contribution >= 0.6 is 23.1 Å². The van der Waals surface area contributed by atoms with Gasteiger partial charge in [-0.25, -0.2) is 4.39 Å². The largest absolute Gasteiger partial charge is 0.353 e. The molecule has 116 valence electrons. The number of thioether (sulfide) groups is 1. The molecule has 1 saturated heterocycles. The van der Waals surface area contributed by atoms with Crippen molar-refractivity contribution in [3.63, 3.8) is 0 Å². The molecule has 1 fully saturated rings. The van der Waals surface area contributed by atoms with Crippen molar-refractivity contribution in [2.75, 3.05) is 30.4 Å². The number of hydrogen-bond acceptors (Lipinski definition) is 6. The third kappa shape index (κ3) is 2.93. The van der Waals surface area contributed by atoms with Crippen LogP contribution in [0.4, 0.5) is 15.2 Å². The molecule has 1 aliphatic heterocycles. The third-order valence-corrected chi connectivity index (χ3v) is 5.75. The number of para-hydroxylation sites is 1. The lowest BCUT2D eigenvalue weighted by Gasteiger charge is -2.16. The van der Waals surface area contributed by atoms with Crippen LogP contribution in [-0.2, 0) is 4.79 Å². The van der Waals surface area contributed by atoms with Gasteiger partial charge in [0.25, 0.3) is 0 Å². The summed E-state index contributed by atoms with van der Waals surface area (Å²) >= 11 is 2.86. The van der Waals surface area contributed by atoms with Gasteiger partial charge in [-0.3, -0.25) is 4.79 Å². The minimum Gasteiger partial charge on any atom is -0.353 e. The minimum absolute atomic E-state index is 0.0725. The molecule has 0 N–H and O–H groups in total. The Balaban J connectivity index is 1.72. The van der Waals surface area contributed by atoms with Crippen molar-refractivity contribution in [1.29, 1.82) is 0 Å². The summed E-state index contributed by atoms with van der Waals surface area (Å²) in [6.07, 6.45) is 0.675. The van der Waals surface area contributed by atoms with Crippen molar-refractivity contribution in [2.24, 2.45) is 0 Å².